The molecular weight excluding hydrogens is 408 g/mol. The number of hydrogen-bond acceptors (Lipinski definition) is 5. The van der Waals surface area contributed by atoms with E-state index in [0.29, 0.717) is 22.7 Å². The number of benzene rings is 2. The van der Waals surface area contributed by atoms with Crippen molar-refractivity contribution in [1.82, 2.24) is 4.90 Å². The lowest BCUT2D eigenvalue weighted by Gasteiger charge is -2.29. The van der Waals surface area contributed by atoms with Crippen LogP contribution in [0.2, 0.25) is 0 Å². The lowest BCUT2D eigenvalue weighted by molar-refractivity contribution is -0.120. The molecular formula is C25H22N2O3S. The molecule has 156 valence electrons. The van der Waals surface area contributed by atoms with Gasteiger partial charge in [-0.2, -0.15) is 0 Å². The molecule has 0 spiro atoms. The summed E-state index contributed by atoms with van der Waals surface area (Å²) in [5.74, 6) is 0.881. The predicted molar refractivity (Wildman–Crippen MR) is 122 cm³/mol. The van der Waals surface area contributed by atoms with Gasteiger partial charge in [-0.1, -0.05) is 24.3 Å². The number of thiophene rings is 1. The number of anilines is 1. The average Bonchev–Trinajstić information content (AvgIpc) is 3.42. The van der Waals surface area contributed by atoms with E-state index in [1.165, 1.54) is 16.2 Å². The molecule has 0 aliphatic carbocycles. The fraction of sp³-hybridized carbons (Fsp3) is 0.200. The van der Waals surface area contributed by atoms with Gasteiger partial charge >= 0.3 is 0 Å². The zero-order chi connectivity index (χ0) is 21.2. The fourth-order valence-corrected chi connectivity index (χ4v) is 4.86. The molecule has 2 aliphatic heterocycles. The normalized spacial score (nSPS) is 16.9. The van der Waals surface area contributed by atoms with Crippen LogP contribution in [0.15, 0.2) is 77.8 Å². The quantitative estimate of drug-likeness (QED) is 0.515. The summed E-state index contributed by atoms with van der Waals surface area (Å²) in [6.07, 6.45) is 3.23. The number of amides is 2. The van der Waals surface area contributed by atoms with Gasteiger partial charge in [0.2, 0.25) is 0 Å². The highest BCUT2D eigenvalue weighted by Crippen LogP contribution is 2.38. The SMILES string of the molecule is O=C1C(c2cccs2)=C(N2CCCCC2)C(=O)N1c1ccc(Oc2ccccc2)cc1. The van der Waals surface area contributed by atoms with E-state index in [9.17, 15) is 9.59 Å². The topological polar surface area (TPSA) is 49.9 Å². The van der Waals surface area contributed by atoms with Crippen molar-refractivity contribution >= 4 is 34.4 Å². The van der Waals surface area contributed by atoms with Gasteiger partial charge in [0.25, 0.3) is 11.8 Å². The average molecular weight is 431 g/mol. The van der Waals surface area contributed by atoms with Crippen molar-refractivity contribution in [1.29, 1.82) is 0 Å². The van der Waals surface area contributed by atoms with E-state index < -0.39 is 0 Å². The number of ether oxygens (including phenoxy) is 1. The maximum absolute atomic E-state index is 13.5. The van der Waals surface area contributed by atoms with E-state index >= 15 is 0 Å². The zero-order valence-electron chi connectivity index (χ0n) is 17.0. The minimum absolute atomic E-state index is 0.243. The third-order valence-electron chi connectivity index (χ3n) is 5.57. The summed E-state index contributed by atoms with van der Waals surface area (Å²) < 4.78 is 5.84. The second-order valence-corrected chi connectivity index (χ2v) is 8.55. The summed E-state index contributed by atoms with van der Waals surface area (Å²) in [5, 5.41) is 1.94. The Balaban J connectivity index is 1.45. The minimum Gasteiger partial charge on any atom is -0.457 e. The highest BCUT2D eigenvalue weighted by Gasteiger charge is 2.43. The van der Waals surface area contributed by atoms with Crippen LogP contribution in [0.5, 0.6) is 11.5 Å². The first-order valence-corrected chi connectivity index (χ1v) is 11.4. The Morgan fingerprint density at radius 1 is 0.742 bits per heavy atom. The van der Waals surface area contributed by atoms with E-state index in [2.05, 4.69) is 4.90 Å². The first-order chi connectivity index (χ1) is 15.2. The van der Waals surface area contributed by atoms with Crippen LogP contribution in [0.4, 0.5) is 5.69 Å². The molecule has 0 atom stereocenters. The number of carbonyl (C=O) groups is 2. The van der Waals surface area contributed by atoms with Crippen LogP contribution in [-0.2, 0) is 9.59 Å². The Morgan fingerprint density at radius 3 is 2.13 bits per heavy atom. The number of nitrogens with zero attached hydrogens (tertiary/aromatic N) is 2. The molecule has 1 saturated heterocycles. The molecule has 6 heteroatoms. The van der Waals surface area contributed by atoms with Crippen molar-refractivity contribution in [3.8, 4) is 11.5 Å². The number of para-hydroxylation sites is 1. The molecule has 2 aliphatic rings. The van der Waals surface area contributed by atoms with Crippen LogP contribution in [0.3, 0.4) is 0 Å². The van der Waals surface area contributed by atoms with E-state index in [-0.39, 0.29) is 11.8 Å². The lowest BCUT2D eigenvalue weighted by Crippen LogP contribution is -2.37. The summed E-state index contributed by atoms with van der Waals surface area (Å²) >= 11 is 1.49. The van der Waals surface area contributed by atoms with E-state index in [0.717, 1.165) is 43.0 Å². The van der Waals surface area contributed by atoms with Gasteiger partial charge in [0.1, 0.15) is 17.2 Å². The molecule has 0 saturated carbocycles. The van der Waals surface area contributed by atoms with Gasteiger partial charge < -0.3 is 9.64 Å². The third-order valence-corrected chi connectivity index (χ3v) is 6.46. The molecule has 3 heterocycles. The summed E-state index contributed by atoms with van der Waals surface area (Å²) in [7, 11) is 0. The number of carbonyl (C=O) groups excluding carboxylic acids is 2. The lowest BCUT2D eigenvalue weighted by atomic mass is 10.1. The van der Waals surface area contributed by atoms with Crippen molar-refractivity contribution in [2.24, 2.45) is 0 Å². The summed E-state index contributed by atoms with van der Waals surface area (Å²) in [5.41, 5.74) is 1.61. The van der Waals surface area contributed by atoms with E-state index in [1.807, 2.05) is 47.8 Å². The fourth-order valence-electron chi connectivity index (χ4n) is 4.09. The van der Waals surface area contributed by atoms with Crippen molar-refractivity contribution in [2.45, 2.75) is 19.3 Å². The second kappa shape index (κ2) is 8.40. The van der Waals surface area contributed by atoms with Crippen LogP contribution >= 0.6 is 11.3 Å². The van der Waals surface area contributed by atoms with Crippen molar-refractivity contribution in [3.63, 3.8) is 0 Å². The van der Waals surface area contributed by atoms with Gasteiger partial charge in [0.05, 0.1) is 11.3 Å². The maximum atomic E-state index is 13.5. The van der Waals surface area contributed by atoms with Crippen molar-refractivity contribution in [2.75, 3.05) is 18.0 Å². The molecule has 0 unspecified atom stereocenters. The monoisotopic (exact) mass is 430 g/mol. The Labute approximate surface area is 185 Å². The van der Waals surface area contributed by atoms with Gasteiger partial charge in [0, 0.05) is 18.0 Å². The standard InChI is InChI=1S/C25H22N2O3S/c28-24-22(21-10-7-17-31-21)23(26-15-5-2-6-16-26)25(29)27(24)18-11-13-20(14-12-18)30-19-8-3-1-4-9-19/h1,3-4,7-14,17H,2,5-6,15-16H2. The van der Waals surface area contributed by atoms with Crippen molar-refractivity contribution in [3.05, 3.63) is 82.7 Å². The van der Waals surface area contributed by atoms with Gasteiger partial charge in [-0.25, -0.2) is 4.90 Å². The number of imide groups is 1. The second-order valence-electron chi connectivity index (χ2n) is 7.60. The highest BCUT2D eigenvalue weighted by molar-refractivity contribution is 7.11. The predicted octanol–water partition coefficient (Wildman–Crippen LogP) is 5.31. The molecule has 0 N–H and O–H groups in total. The van der Waals surface area contributed by atoms with Gasteiger partial charge in [-0.05, 0) is 67.1 Å². The summed E-state index contributed by atoms with van der Waals surface area (Å²) in [6, 6.07) is 20.4. The molecule has 0 bridgehead atoms. The van der Waals surface area contributed by atoms with E-state index in [1.54, 1.807) is 24.3 Å². The van der Waals surface area contributed by atoms with Crippen LogP contribution in [0, 0.1) is 0 Å². The molecule has 2 amide bonds. The van der Waals surface area contributed by atoms with Gasteiger partial charge in [-0.3, -0.25) is 9.59 Å². The molecule has 1 fully saturated rings. The largest absolute Gasteiger partial charge is 0.457 e. The van der Waals surface area contributed by atoms with Crippen LogP contribution < -0.4 is 9.64 Å². The molecule has 5 rings (SSSR count). The minimum atomic E-state index is -0.259. The Hall–Kier alpha value is -3.38. The number of rotatable bonds is 5. The molecule has 3 aromatic rings. The maximum Gasteiger partial charge on any atom is 0.282 e. The molecule has 5 nitrogen and oxygen atoms in total. The Morgan fingerprint density at radius 2 is 1.45 bits per heavy atom. The van der Waals surface area contributed by atoms with E-state index in [4.69, 9.17) is 4.74 Å². The summed E-state index contributed by atoms with van der Waals surface area (Å²) in [4.78, 5) is 31.1. The number of likely N-dealkylation sites (tertiary alicyclic amines) is 1. The first kappa shape index (κ1) is 19.6. The van der Waals surface area contributed by atoms with Crippen LogP contribution in [-0.4, -0.2) is 29.8 Å². The van der Waals surface area contributed by atoms with Gasteiger partial charge in [0.15, 0.2) is 0 Å². The summed E-state index contributed by atoms with van der Waals surface area (Å²) in [6.45, 7) is 1.61. The first-order valence-electron chi connectivity index (χ1n) is 10.5. The molecule has 0 radical (unpaired) electrons. The number of piperidine rings is 1. The van der Waals surface area contributed by atoms with Crippen LogP contribution in [0.1, 0.15) is 24.1 Å². The number of hydrogen-bond donors (Lipinski definition) is 0. The van der Waals surface area contributed by atoms with Crippen LogP contribution in [0.25, 0.3) is 5.57 Å². The zero-order valence-corrected chi connectivity index (χ0v) is 17.8. The molecule has 2 aromatic carbocycles. The molecule has 31 heavy (non-hydrogen) atoms. The van der Waals surface area contributed by atoms with Crippen molar-refractivity contribution < 1.29 is 14.3 Å². The molecule has 1 aromatic heterocycles. The smallest absolute Gasteiger partial charge is 0.282 e. The van der Waals surface area contributed by atoms with Gasteiger partial charge in [-0.15, -0.1) is 11.3 Å². The Kier molecular flexibility index (Phi) is 5.30. The Bertz CT molecular complexity index is 1120. The highest BCUT2D eigenvalue weighted by atomic mass is 32.1. The third kappa shape index (κ3) is 3.75.